The number of rotatable bonds is 7. The van der Waals surface area contributed by atoms with Crippen molar-refractivity contribution < 1.29 is 27.4 Å². The van der Waals surface area contributed by atoms with E-state index in [-0.39, 0.29) is 49.5 Å². The van der Waals surface area contributed by atoms with Crippen molar-refractivity contribution in [2.75, 3.05) is 6.61 Å². The molecule has 0 saturated heterocycles. The predicted octanol–water partition coefficient (Wildman–Crippen LogP) is 6.75. The van der Waals surface area contributed by atoms with Crippen molar-refractivity contribution in [1.29, 1.82) is 5.26 Å². The van der Waals surface area contributed by atoms with E-state index in [4.69, 9.17) is 44.3 Å². The molecule has 0 bridgehead atoms. The maximum Gasteiger partial charge on any atom is 0.434 e. The zero-order chi connectivity index (χ0) is 32.5. The summed E-state index contributed by atoms with van der Waals surface area (Å²) in [4.78, 5) is 30.4. The Hall–Kier alpha value is -4.08. The minimum Gasteiger partial charge on any atom is -0.487 e. The van der Waals surface area contributed by atoms with Crippen LogP contribution in [0.15, 0.2) is 81.7 Å². The number of carbonyl (C=O) groups is 1. The molecule has 230 valence electrons. The number of nitrogens with zero attached hydrogens (tertiary/aromatic N) is 3. The van der Waals surface area contributed by atoms with Gasteiger partial charge in [0.15, 0.2) is 10.5 Å². The Morgan fingerprint density at radius 2 is 1.82 bits per heavy atom. The second-order valence-corrected chi connectivity index (χ2v) is 11.8. The third kappa shape index (κ3) is 6.65. The zero-order valence-corrected chi connectivity index (χ0v) is 26.1. The molecule has 0 fully saturated rings. The van der Waals surface area contributed by atoms with Gasteiger partial charge in [0.25, 0.3) is 5.56 Å². The number of benzene rings is 3. The molecule has 0 aliphatic carbocycles. The Labute approximate surface area is 272 Å². The fourth-order valence-electron chi connectivity index (χ4n) is 4.69. The smallest absolute Gasteiger partial charge is 0.434 e. The van der Waals surface area contributed by atoms with Crippen LogP contribution in [0.25, 0.3) is 6.08 Å². The van der Waals surface area contributed by atoms with Gasteiger partial charge in [0.05, 0.1) is 39.4 Å². The molecule has 0 spiro atoms. The molecule has 2 heterocycles. The average Bonchev–Trinajstić information content (AvgIpc) is 3.30. The SMILES string of the molecule is CCOC(=O)C1=C(C(F)(F)F)N=c2s/c(=C\c3cc(Cl)cc(Cl)c3OCc3ccccc3C#N)c(=O)n2[C@@H]1c1ccc(Cl)cc1. The third-order valence-corrected chi connectivity index (χ3v) is 8.35. The van der Waals surface area contributed by atoms with Crippen molar-refractivity contribution in [1.82, 2.24) is 4.57 Å². The molecule has 14 heteroatoms. The normalized spacial score (nSPS) is 14.9. The van der Waals surface area contributed by atoms with Crippen LogP contribution in [-0.4, -0.2) is 23.3 Å². The van der Waals surface area contributed by atoms with Crippen LogP contribution in [0, 0.1) is 11.3 Å². The number of ether oxygens (including phenoxy) is 2. The monoisotopic (exact) mass is 691 g/mol. The highest BCUT2D eigenvalue weighted by atomic mass is 35.5. The van der Waals surface area contributed by atoms with Crippen LogP contribution in [0.2, 0.25) is 15.1 Å². The number of nitriles is 1. The molecule has 5 rings (SSSR count). The van der Waals surface area contributed by atoms with Crippen LogP contribution in [-0.2, 0) is 16.1 Å². The number of hydrogen-bond acceptors (Lipinski definition) is 7. The summed E-state index contributed by atoms with van der Waals surface area (Å²) in [5.41, 5.74) is -1.66. The average molecular weight is 693 g/mol. The number of hydrogen-bond donors (Lipinski definition) is 0. The van der Waals surface area contributed by atoms with Gasteiger partial charge < -0.3 is 9.47 Å². The summed E-state index contributed by atoms with van der Waals surface area (Å²) in [6, 6.07) is 15.9. The van der Waals surface area contributed by atoms with E-state index in [1.807, 2.05) is 0 Å². The first-order chi connectivity index (χ1) is 21.4. The van der Waals surface area contributed by atoms with E-state index < -0.39 is 35.0 Å². The minimum atomic E-state index is -5.05. The second-order valence-electron chi connectivity index (χ2n) is 9.48. The second kappa shape index (κ2) is 13.1. The fraction of sp³-hybridized carbons (Fsp3) is 0.161. The summed E-state index contributed by atoms with van der Waals surface area (Å²) in [6.07, 6.45) is -3.68. The van der Waals surface area contributed by atoms with Gasteiger partial charge in [-0.3, -0.25) is 9.36 Å². The minimum absolute atomic E-state index is 0.0417. The van der Waals surface area contributed by atoms with Crippen LogP contribution in [0.1, 0.15) is 35.2 Å². The summed E-state index contributed by atoms with van der Waals surface area (Å²) >= 11 is 19.4. The predicted molar refractivity (Wildman–Crippen MR) is 164 cm³/mol. The molecule has 4 aromatic rings. The quantitative estimate of drug-likeness (QED) is 0.200. The summed E-state index contributed by atoms with van der Waals surface area (Å²) in [6.45, 7) is 1.19. The molecule has 1 aliphatic rings. The van der Waals surface area contributed by atoms with Gasteiger partial charge >= 0.3 is 12.1 Å². The van der Waals surface area contributed by atoms with Gasteiger partial charge in [-0.15, -0.1) is 0 Å². The summed E-state index contributed by atoms with van der Waals surface area (Å²) in [7, 11) is 0. The van der Waals surface area contributed by atoms with E-state index in [0.29, 0.717) is 27.5 Å². The largest absolute Gasteiger partial charge is 0.487 e. The third-order valence-electron chi connectivity index (χ3n) is 6.61. The molecule has 7 nitrogen and oxygen atoms in total. The maximum absolute atomic E-state index is 14.4. The number of thiazole rings is 1. The van der Waals surface area contributed by atoms with E-state index in [1.54, 1.807) is 24.3 Å². The van der Waals surface area contributed by atoms with Crippen LogP contribution in [0.3, 0.4) is 0 Å². The lowest BCUT2D eigenvalue weighted by atomic mass is 9.95. The lowest BCUT2D eigenvalue weighted by Crippen LogP contribution is -2.41. The molecular formula is C31H19Cl3F3N3O4S. The standard InChI is InChI=1S/C31H19Cl3F3N3O4S/c1-2-43-29(42)24-25(16-7-9-20(32)10-8-16)40-28(41)23(45-30(40)39-27(24)31(35,36)37)12-19-11-21(33)13-22(34)26(19)44-15-18-6-4-3-5-17(18)14-38/h3-13,25H,2,15H2,1H3/b23-12-/t25-/m1/s1. The number of fused-ring (bicyclic) bond motifs is 1. The van der Waals surface area contributed by atoms with Gasteiger partial charge in [-0.1, -0.05) is 76.5 Å². The molecule has 1 aliphatic heterocycles. The van der Waals surface area contributed by atoms with Crippen molar-refractivity contribution in [2.45, 2.75) is 25.7 Å². The van der Waals surface area contributed by atoms with Crippen LogP contribution in [0.5, 0.6) is 5.75 Å². The molecule has 1 aromatic heterocycles. The van der Waals surface area contributed by atoms with Crippen molar-refractivity contribution >= 4 is 58.2 Å². The Morgan fingerprint density at radius 3 is 2.49 bits per heavy atom. The van der Waals surface area contributed by atoms with Crippen molar-refractivity contribution in [3.63, 3.8) is 0 Å². The number of carbonyl (C=O) groups excluding carboxylic acids is 1. The first-order valence-corrected chi connectivity index (χ1v) is 15.0. The molecule has 0 saturated carbocycles. The molecular weight excluding hydrogens is 674 g/mol. The number of alkyl halides is 3. The van der Waals surface area contributed by atoms with Crippen molar-refractivity contribution in [3.8, 4) is 11.8 Å². The molecule has 0 radical (unpaired) electrons. The van der Waals surface area contributed by atoms with E-state index >= 15 is 0 Å². The Kier molecular flexibility index (Phi) is 9.41. The first-order valence-electron chi connectivity index (χ1n) is 13.1. The molecule has 3 aromatic carbocycles. The highest BCUT2D eigenvalue weighted by Gasteiger charge is 2.45. The fourth-order valence-corrected chi connectivity index (χ4v) is 6.37. The van der Waals surface area contributed by atoms with Crippen molar-refractivity contribution in [2.24, 2.45) is 4.99 Å². The maximum atomic E-state index is 14.4. The van der Waals surface area contributed by atoms with Crippen LogP contribution < -0.4 is 19.6 Å². The lowest BCUT2D eigenvalue weighted by Gasteiger charge is -2.26. The number of allylic oxidation sites excluding steroid dienone is 1. The van der Waals surface area contributed by atoms with Gasteiger partial charge in [-0.2, -0.15) is 18.4 Å². The topological polar surface area (TPSA) is 93.7 Å². The van der Waals surface area contributed by atoms with E-state index in [1.165, 1.54) is 49.4 Å². The lowest BCUT2D eigenvalue weighted by molar-refractivity contribution is -0.140. The summed E-state index contributed by atoms with van der Waals surface area (Å²) < 4.78 is 55.1. The zero-order valence-electron chi connectivity index (χ0n) is 23.0. The highest BCUT2D eigenvalue weighted by Crippen LogP contribution is 2.39. The Bertz CT molecular complexity index is 2070. The number of esters is 1. The summed E-state index contributed by atoms with van der Waals surface area (Å²) in [5.74, 6) is -1.14. The van der Waals surface area contributed by atoms with Crippen molar-refractivity contribution in [3.05, 3.63) is 129 Å². The van der Waals surface area contributed by atoms with E-state index in [9.17, 15) is 28.0 Å². The molecule has 0 unspecified atom stereocenters. The first kappa shape index (κ1) is 32.3. The number of halogens is 6. The molecule has 0 N–H and O–H groups in total. The molecule has 1 atom stereocenters. The highest BCUT2D eigenvalue weighted by molar-refractivity contribution is 7.07. The Morgan fingerprint density at radius 1 is 1.11 bits per heavy atom. The van der Waals surface area contributed by atoms with E-state index in [2.05, 4.69) is 11.1 Å². The van der Waals surface area contributed by atoms with Crippen LogP contribution in [0.4, 0.5) is 13.2 Å². The number of aromatic nitrogens is 1. The van der Waals surface area contributed by atoms with Gasteiger partial charge in [-0.25, -0.2) is 9.79 Å². The molecule has 0 amide bonds. The summed E-state index contributed by atoms with van der Waals surface area (Å²) in [5, 5.41) is 10.0. The van der Waals surface area contributed by atoms with Gasteiger partial charge in [0.2, 0.25) is 0 Å². The molecule has 45 heavy (non-hydrogen) atoms. The van der Waals surface area contributed by atoms with E-state index in [0.717, 1.165) is 4.57 Å². The van der Waals surface area contributed by atoms with Crippen LogP contribution >= 0.6 is 46.1 Å². The Balaban J connectivity index is 1.72. The van der Waals surface area contributed by atoms with Gasteiger partial charge in [0.1, 0.15) is 12.4 Å². The van der Waals surface area contributed by atoms with Gasteiger partial charge in [0, 0.05) is 21.2 Å². The van der Waals surface area contributed by atoms with Gasteiger partial charge in [-0.05, 0) is 48.9 Å².